The number of hydrogen-bond donors (Lipinski definition) is 1. The van der Waals surface area contributed by atoms with Gasteiger partial charge in [0.2, 0.25) is 0 Å². The van der Waals surface area contributed by atoms with E-state index in [2.05, 4.69) is 20.3 Å². The quantitative estimate of drug-likeness (QED) is 0.117. The molecule has 1 unspecified atom stereocenters. The molecule has 1 atom stereocenters. The molecule has 1 N–H and O–H groups in total. The molecule has 0 amide bonds. The van der Waals surface area contributed by atoms with Crippen molar-refractivity contribution >= 4 is 43.8 Å². The number of anilines is 2. The van der Waals surface area contributed by atoms with Gasteiger partial charge in [0.15, 0.2) is 14.9 Å². The number of hydrogen-bond acceptors (Lipinski definition) is 10. The van der Waals surface area contributed by atoms with Gasteiger partial charge in [-0.3, -0.25) is 0 Å². The van der Waals surface area contributed by atoms with Crippen molar-refractivity contribution in [1.29, 1.82) is 0 Å². The average molecular weight is 718 g/mol. The fourth-order valence-corrected chi connectivity index (χ4v) is 7.42. The second-order valence-corrected chi connectivity index (χ2v) is 14.5. The molecule has 1 aliphatic rings. The molecule has 3 heterocycles. The molecule has 5 aromatic rings. The molecule has 0 radical (unpaired) electrons. The molecule has 13 heteroatoms. The molecular formula is C37H37ClFN5O5S. The number of aromatic nitrogens is 3. The molecule has 0 saturated heterocycles. The second-order valence-electron chi connectivity index (χ2n) is 12.1. The van der Waals surface area contributed by atoms with Crippen LogP contribution in [-0.2, 0) is 26.8 Å². The van der Waals surface area contributed by atoms with E-state index in [9.17, 15) is 12.8 Å². The fourth-order valence-electron chi connectivity index (χ4n) is 5.92. The highest BCUT2D eigenvalue weighted by Crippen LogP contribution is 2.45. The van der Waals surface area contributed by atoms with Crippen LogP contribution in [0.2, 0.25) is 5.02 Å². The van der Waals surface area contributed by atoms with E-state index in [0.29, 0.717) is 65.0 Å². The lowest BCUT2D eigenvalue weighted by atomic mass is 9.85. The Bertz CT molecular complexity index is 2090. The van der Waals surface area contributed by atoms with Crippen molar-refractivity contribution in [2.45, 2.75) is 36.5 Å². The van der Waals surface area contributed by atoms with E-state index in [0.717, 1.165) is 17.4 Å². The van der Waals surface area contributed by atoms with E-state index in [-0.39, 0.29) is 23.2 Å². The topological polar surface area (TPSA) is 116 Å². The molecule has 0 saturated carbocycles. The summed E-state index contributed by atoms with van der Waals surface area (Å²) in [5.74, 6) is 1.33. The van der Waals surface area contributed by atoms with Crippen molar-refractivity contribution in [3.8, 4) is 11.5 Å². The van der Waals surface area contributed by atoms with Crippen LogP contribution in [0, 0.1) is 5.82 Å². The van der Waals surface area contributed by atoms with Crippen molar-refractivity contribution in [2.75, 3.05) is 38.3 Å². The van der Waals surface area contributed by atoms with Crippen molar-refractivity contribution < 1.29 is 27.0 Å². The lowest BCUT2D eigenvalue weighted by Crippen LogP contribution is -2.30. The number of pyridine rings is 1. The molecular weight excluding hydrogens is 681 g/mol. The van der Waals surface area contributed by atoms with Gasteiger partial charge < -0.3 is 24.4 Å². The normalized spacial score (nSPS) is 15.7. The zero-order valence-electron chi connectivity index (χ0n) is 27.7. The number of nitrogens with zero attached hydrogens (tertiary/aromatic N) is 4. The number of halogens is 2. The van der Waals surface area contributed by atoms with Crippen LogP contribution in [0.4, 0.5) is 15.9 Å². The Morgan fingerprint density at radius 2 is 1.90 bits per heavy atom. The third-order valence-corrected chi connectivity index (χ3v) is 10.5. The standard InChI is InChI=1S/C37H37ClFN5O5S/c1-44(17-19-50(45,46)35-10-3-4-15-40-35)16-6-13-37(14-7-18-49-37)30-22-29-32(23-34(30)47-2)41-25-42-36(29)43-28-11-12-33(31(38)21-28)48-24-26-8-5-9-27(39)20-26/h3-5,7-12,15,18,20-23,25H,6,13-14,16-17,19,24H2,1-2H3,(H,41,42,43). The summed E-state index contributed by atoms with van der Waals surface area (Å²) in [6.45, 7) is 1.21. The predicted octanol–water partition coefficient (Wildman–Crippen LogP) is 7.46. The lowest BCUT2D eigenvalue weighted by Gasteiger charge is -2.32. The number of benzene rings is 3. The van der Waals surface area contributed by atoms with Crippen LogP contribution in [0.3, 0.4) is 0 Å². The van der Waals surface area contributed by atoms with E-state index in [4.69, 9.17) is 25.8 Å². The molecule has 0 aliphatic carbocycles. The summed E-state index contributed by atoms with van der Waals surface area (Å²) in [5.41, 5.74) is 2.22. The summed E-state index contributed by atoms with van der Waals surface area (Å²) in [4.78, 5) is 15.1. The minimum absolute atomic E-state index is 0.0200. The van der Waals surface area contributed by atoms with E-state index in [1.54, 1.807) is 49.8 Å². The van der Waals surface area contributed by atoms with Gasteiger partial charge in [-0.25, -0.2) is 27.8 Å². The van der Waals surface area contributed by atoms with Gasteiger partial charge in [0, 0.05) is 41.9 Å². The van der Waals surface area contributed by atoms with Gasteiger partial charge in [0.05, 0.1) is 29.7 Å². The number of ether oxygens (including phenoxy) is 3. The van der Waals surface area contributed by atoms with Gasteiger partial charge in [-0.1, -0.05) is 29.8 Å². The predicted molar refractivity (Wildman–Crippen MR) is 191 cm³/mol. The summed E-state index contributed by atoms with van der Waals surface area (Å²) in [6.07, 6.45) is 8.71. The number of sulfone groups is 1. The monoisotopic (exact) mass is 717 g/mol. The smallest absolute Gasteiger partial charge is 0.196 e. The number of nitrogens with one attached hydrogen (secondary N) is 1. The lowest BCUT2D eigenvalue weighted by molar-refractivity contribution is 0.0263. The van der Waals surface area contributed by atoms with E-state index in [1.807, 2.05) is 36.2 Å². The van der Waals surface area contributed by atoms with Gasteiger partial charge in [-0.2, -0.15) is 0 Å². The maximum absolute atomic E-state index is 13.6. The third-order valence-electron chi connectivity index (χ3n) is 8.58. The number of fused-ring (bicyclic) bond motifs is 1. The molecule has 3 aromatic carbocycles. The first-order valence-corrected chi connectivity index (χ1v) is 18.1. The van der Waals surface area contributed by atoms with Gasteiger partial charge >= 0.3 is 0 Å². The molecule has 2 aromatic heterocycles. The van der Waals surface area contributed by atoms with Crippen molar-refractivity contribution in [3.63, 3.8) is 0 Å². The highest BCUT2D eigenvalue weighted by molar-refractivity contribution is 7.91. The van der Waals surface area contributed by atoms with Gasteiger partial charge in [0.25, 0.3) is 0 Å². The van der Waals surface area contributed by atoms with Crippen molar-refractivity contribution in [3.05, 3.63) is 120 Å². The molecule has 0 fully saturated rings. The fraction of sp³-hybridized carbons (Fsp3) is 0.270. The zero-order valence-corrected chi connectivity index (χ0v) is 29.3. The molecule has 10 nitrogen and oxygen atoms in total. The van der Waals surface area contributed by atoms with Crippen LogP contribution in [0.1, 0.15) is 30.4 Å². The highest BCUT2D eigenvalue weighted by Gasteiger charge is 2.38. The Labute approximate surface area is 295 Å². The molecule has 260 valence electrons. The Hall–Kier alpha value is -4.78. The first-order valence-electron chi connectivity index (χ1n) is 16.1. The minimum Gasteiger partial charge on any atom is -0.496 e. The summed E-state index contributed by atoms with van der Waals surface area (Å²) in [6, 6.07) is 20.3. The third kappa shape index (κ3) is 8.15. The summed E-state index contributed by atoms with van der Waals surface area (Å²) in [5, 5.41) is 4.60. The van der Waals surface area contributed by atoms with Gasteiger partial charge in [-0.15, -0.1) is 0 Å². The Balaban J connectivity index is 1.17. The van der Waals surface area contributed by atoms with Gasteiger partial charge in [0.1, 0.15) is 41.7 Å². The zero-order chi connectivity index (χ0) is 35.1. The van der Waals surface area contributed by atoms with Crippen LogP contribution < -0.4 is 14.8 Å². The number of methoxy groups -OCH3 is 1. The summed E-state index contributed by atoms with van der Waals surface area (Å²) in [7, 11) is 0.0605. The van der Waals surface area contributed by atoms with Crippen LogP contribution in [0.5, 0.6) is 11.5 Å². The number of rotatable bonds is 15. The maximum atomic E-state index is 13.6. The summed E-state index contributed by atoms with van der Waals surface area (Å²) >= 11 is 6.57. The van der Waals surface area contributed by atoms with Gasteiger partial charge in [-0.05, 0) is 86.6 Å². The van der Waals surface area contributed by atoms with Crippen LogP contribution in [0.25, 0.3) is 10.9 Å². The van der Waals surface area contributed by atoms with Crippen molar-refractivity contribution in [2.24, 2.45) is 0 Å². The van der Waals surface area contributed by atoms with E-state index < -0.39 is 15.4 Å². The van der Waals surface area contributed by atoms with Crippen LogP contribution in [0.15, 0.2) is 103 Å². The molecule has 0 spiro atoms. The van der Waals surface area contributed by atoms with E-state index in [1.165, 1.54) is 30.7 Å². The largest absolute Gasteiger partial charge is 0.496 e. The van der Waals surface area contributed by atoms with Crippen molar-refractivity contribution in [1.82, 2.24) is 19.9 Å². The molecule has 6 rings (SSSR count). The SMILES string of the molecule is COc1cc2ncnc(Nc3ccc(OCc4cccc(F)c4)c(Cl)c3)c2cc1C1(CCCN(C)CCS(=O)(=O)c2ccccn2)CC=CO1. The Morgan fingerprint density at radius 1 is 1.02 bits per heavy atom. The average Bonchev–Trinajstić information content (AvgIpc) is 3.60. The molecule has 1 aliphatic heterocycles. The minimum atomic E-state index is -3.47. The van der Waals surface area contributed by atoms with E-state index >= 15 is 0 Å². The highest BCUT2D eigenvalue weighted by atomic mass is 35.5. The Morgan fingerprint density at radius 3 is 2.64 bits per heavy atom. The second kappa shape index (κ2) is 15.4. The first kappa shape index (κ1) is 35.1. The summed E-state index contributed by atoms with van der Waals surface area (Å²) < 4.78 is 57.0. The Kier molecular flexibility index (Phi) is 10.8. The first-order chi connectivity index (χ1) is 24.2. The van der Waals surface area contributed by atoms with Crippen LogP contribution >= 0.6 is 11.6 Å². The molecule has 50 heavy (non-hydrogen) atoms. The van der Waals surface area contributed by atoms with Crippen LogP contribution in [-0.4, -0.2) is 61.3 Å². The molecule has 0 bridgehead atoms. The maximum Gasteiger partial charge on any atom is 0.196 e.